The Morgan fingerprint density at radius 2 is 0.947 bits per heavy atom. The molecule has 178 valence electrons. The molecule has 0 atom stereocenters. The monoisotopic (exact) mass is 485 g/mol. The van der Waals surface area contributed by atoms with E-state index in [9.17, 15) is 0 Å². The van der Waals surface area contributed by atoms with Gasteiger partial charge in [0.1, 0.15) is 0 Å². The zero-order chi connectivity index (χ0) is 25.9. The predicted octanol–water partition coefficient (Wildman–Crippen LogP) is 9.55. The topological polar surface area (TPSA) is 9.86 Å². The first-order valence-corrected chi connectivity index (χ1v) is 13.0. The van der Waals surface area contributed by atoms with Crippen LogP contribution in [0.3, 0.4) is 0 Å². The standard InChI is InChI=1S/C36H24N2/c1-3-12-25(13-4-1)26-14-11-17-28(22-26)38-34-21-10-8-19-30(34)32-23-31-29-18-7-9-20-33(29)37(35(31)24-36(32)38)27-15-5-2-6-16-27/h1-24H/i7D. The molecule has 8 rings (SSSR count). The van der Waals surface area contributed by atoms with Gasteiger partial charge in [0.2, 0.25) is 0 Å². The molecule has 2 nitrogen and oxygen atoms in total. The lowest BCUT2D eigenvalue weighted by Crippen LogP contribution is -1.96. The maximum absolute atomic E-state index is 8.35. The first-order chi connectivity index (χ1) is 19.3. The van der Waals surface area contributed by atoms with Gasteiger partial charge in [0, 0.05) is 32.9 Å². The molecule has 2 heteroatoms. The molecular weight excluding hydrogens is 460 g/mol. The minimum Gasteiger partial charge on any atom is -0.309 e. The minimum atomic E-state index is 0.523. The van der Waals surface area contributed by atoms with Crippen molar-refractivity contribution in [1.29, 1.82) is 0 Å². The highest BCUT2D eigenvalue weighted by Crippen LogP contribution is 2.39. The van der Waals surface area contributed by atoms with Crippen LogP contribution in [0.25, 0.3) is 66.1 Å². The Morgan fingerprint density at radius 1 is 0.368 bits per heavy atom. The average Bonchev–Trinajstić information content (AvgIpc) is 3.48. The van der Waals surface area contributed by atoms with Gasteiger partial charge >= 0.3 is 0 Å². The van der Waals surface area contributed by atoms with E-state index in [4.69, 9.17) is 1.37 Å². The molecule has 0 saturated carbocycles. The van der Waals surface area contributed by atoms with Gasteiger partial charge in [-0.2, -0.15) is 0 Å². The number of fused-ring (bicyclic) bond motifs is 6. The third kappa shape index (κ3) is 3.07. The van der Waals surface area contributed by atoms with Crippen LogP contribution in [0.2, 0.25) is 0 Å². The molecule has 0 spiro atoms. The Labute approximate surface area is 222 Å². The summed E-state index contributed by atoms with van der Waals surface area (Å²) in [6, 6.07) is 49.6. The summed E-state index contributed by atoms with van der Waals surface area (Å²) in [5.74, 6) is 0. The van der Waals surface area contributed by atoms with Gasteiger partial charge in [-0.1, -0.05) is 97.0 Å². The van der Waals surface area contributed by atoms with E-state index in [-0.39, 0.29) is 0 Å². The lowest BCUT2D eigenvalue weighted by atomic mass is 10.1. The molecule has 0 aliphatic heterocycles. The molecule has 0 unspecified atom stereocenters. The zero-order valence-electron chi connectivity index (χ0n) is 21.7. The fraction of sp³-hybridized carbons (Fsp3) is 0. The highest BCUT2D eigenvalue weighted by molar-refractivity contribution is 6.19. The average molecular weight is 486 g/mol. The molecule has 0 aliphatic carbocycles. The molecule has 0 fully saturated rings. The van der Waals surface area contributed by atoms with Crippen LogP contribution in [-0.2, 0) is 0 Å². The van der Waals surface area contributed by atoms with Crippen molar-refractivity contribution in [3.8, 4) is 22.5 Å². The van der Waals surface area contributed by atoms with Crippen LogP contribution in [0.4, 0.5) is 0 Å². The van der Waals surface area contributed by atoms with Crippen molar-refractivity contribution in [1.82, 2.24) is 9.13 Å². The minimum absolute atomic E-state index is 0.523. The van der Waals surface area contributed by atoms with Crippen molar-refractivity contribution in [3.05, 3.63) is 146 Å². The van der Waals surface area contributed by atoms with Gasteiger partial charge in [-0.25, -0.2) is 0 Å². The van der Waals surface area contributed by atoms with Gasteiger partial charge in [0.15, 0.2) is 0 Å². The number of benzene rings is 6. The maximum atomic E-state index is 8.35. The molecule has 0 saturated heterocycles. The van der Waals surface area contributed by atoms with Crippen molar-refractivity contribution >= 4 is 43.6 Å². The van der Waals surface area contributed by atoms with Crippen LogP contribution < -0.4 is 0 Å². The zero-order valence-corrected chi connectivity index (χ0v) is 20.7. The fourth-order valence-corrected chi connectivity index (χ4v) is 5.96. The Balaban J connectivity index is 1.50. The molecule has 0 N–H and O–H groups in total. The quantitative estimate of drug-likeness (QED) is 0.236. The van der Waals surface area contributed by atoms with Crippen molar-refractivity contribution in [3.63, 3.8) is 0 Å². The highest BCUT2D eigenvalue weighted by Gasteiger charge is 2.18. The SMILES string of the molecule is [2H]c1ccc2c(c1)c1cc3c4ccccc4n(-c4cccc(-c5ccccc5)c4)c3cc1n2-c1ccccc1. The van der Waals surface area contributed by atoms with Crippen LogP contribution in [0, 0.1) is 0 Å². The summed E-state index contributed by atoms with van der Waals surface area (Å²) in [5.41, 5.74) is 9.25. The first kappa shape index (κ1) is 20.0. The number of hydrogen-bond donors (Lipinski definition) is 0. The second kappa shape index (κ2) is 8.22. The van der Waals surface area contributed by atoms with Crippen LogP contribution in [-0.4, -0.2) is 9.13 Å². The van der Waals surface area contributed by atoms with Gasteiger partial charge in [0.05, 0.1) is 23.4 Å². The van der Waals surface area contributed by atoms with Crippen molar-refractivity contribution in [2.75, 3.05) is 0 Å². The molecular formula is C36H24N2. The van der Waals surface area contributed by atoms with Crippen LogP contribution >= 0.6 is 0 Å². The molecule has 2 heterocycles. The van der Waals surface area contributed by atoms with E-state index in [2.05, 4.69) is 137 Å². The molecule has 2 aromatic heterocycles. The summed E-state index contributed by atoms with van der Waals surface area (Å²) in [5, 5.41) is 4.70. The fourth-order valence-electron chi connectivity index (χ4n) is 5.96. The van der Waals surface area contributed by atoms with E-state index in [1.165, 1.54) is 32.9 Å². The predicted molar refractivity (Wildman–Crippen MR) is 161 cm³/mol. The number of rotatable bonds is 3. The van der Waals surface area contributed by atoms with Gasteiger partial charge in [-0.15, -0.1) is 0 Å². The Bertz CT molecular complexity index is 2170. The van der Waals surface area contributed by atoms with E-state index in [0.717, 1.165) is 33.2 Å². The molecule has 38 heavy (non-hydrogen) atoms. The summed E-state index contributed by atoms with van der Waals surface area (Å²) < 4.78 is 13.1. The van der Waals surface area contributed by atoms with Crippen molar-refractivity contribution in [2.24, 2.45) is 0 Å². The van der Waals surface area contributed by atoms with E-state index >= 15 is 0 Å². The van der Waals surface area contributed by atoms with Crippen LogP contribution in [0.1, 0.15) is 1.37 Å². The van der Waals surface area contributed by atoms with Crippen molar-refractivity contribution in [2.45, 2.75) is 0 Å². The Hall–Kier alpha value is -5.08. The largest absolute Gasteiger partial charge is 0.309 e. The highest BCUT2D eigenvalue weighted by atomic mass is 15.0. The van der Waals surface area contributed by atoms with E-state index in [1.54, 1.807) is 0 Å². The lowest BCUT2D eigenvalue weighted by molar-refractivity contribution is 1.16. The van der Waals surface area contributed by atoms with Crippen molar-refractivity contribution < 1.29 is 1.37 Å². The lowest BCUT2D eigenvalue weighted by Gasteiger charge is -2.11. The van der Waals surface area contributed by atoms with Gasteiger partial charge < -0.3 is 9.13 Å². The first-order valence-electron chi connectivity index (χ1n) is 13.5. The second-order valence-corrected chi connectivity index (χ2v) is 9.77. The third-order valence-electron chi connectivity index (χ3n) is 7.63. The van der Waals surface area contributed by atoms with E-state index < -0.39 is 0 Å². The van der Waals surface area contributed by atoms with Gasteiger partial charge in [-0.05, 0) is 59.7 Å². The summed E-state index contributed by atoms with van der Waals surface area (Å²) in [6.07, 6.45) is 0. The number of hydrogen-bond acceptors (Lipinski definition) is 0. The number of aromatic nitrogens is 2. The molecule has 0 amide bonds. The summed E-state index contributed by atoms with van der Waals surface area (Å²) in [7, 11) is 0. The van der Waals surface area contributed by atoms with Gasteiger partial charge in [-0.3, -0.25) is 0 Å². The van der Waals surface area contributed by atoms with Gasteiger partial charge in [0.25, 0.3) is 0 Å². The summed E-state index contributed by atoms with van der Waals surface area (Å²) in [4.78, 5) is 0. The van der Waals surface area contributed by atoms with E-state index in [0.29, 0.717) is 6.04 Å². The molecule has 0 aliphatic rings. The summed E-state index contributed by atoms with van der Waals surface area (Å²) >= 11 is 0. The second-order valence-electron chi connectivity index (χ2n) is 9.77. The molecule has 0 bridgehead atoms. The number of nitrogens with zero attached hydrogens (tertiary/aromatic N) is 2. The van der Waals surface area contributed by atoms with Crippen LogP contribution in [0.15, 0.2) is 146 Å². The summed E-state index contributed by atoms with van der Waals surface area (Å²) in [6.45, 7) is 0. The third-order valence-corrected chi connectivity index (χ3v) is 7.63. The smallest absolute Gasteiger partial charge is 0.0623 e. The molecule has 0 radical (unpaired) electrons. The van der Waals surface area contributed by atoms with Crippen LogP contribution in [0.5, 0.6) is 0 Å². The normalized spacial score (nSPS) is 12.1. The maximum Gasteiger partial charge on any atom is 0.0623 e. The molecule has 8 aromatic rings. The Morgan fingerprint density at radius 3 is 1.74 bits per heavy atom. The molecule has 6 aromatic carbocycles. The number of para-hydroxylation sites is 3. The van der Waals surface area contributed by atoms with E-state index in [1.807, 2.05) is 12.1 Å². The Kier molecular flexibility index (Phi) is 4.33.